The number of fused-ring (bicyclic) bond motifs is 1. The average molecular weight is 294 g/mol. The highest BCUT2D eigenvalue weighted by atomic mass is 32.2. The number of amidine groups is 1. The Morgan fingerprint density at radius 2 is 2.10 bits per heavy atom. The molecule has 0 aromatic heterocycles. The van der Waals surface area contributed by atoms with Crippen LogP contribution in [0.3, 0.4) is 0 Å². The molecule has 2 aliphatic heterocycles. The number of carbonyl (C=O) groups is 1. The molecule has 3 rings (SSSR count). The van der Waals surface area contributed by atoms with Crippen LogP contribution in [0.5, 0.6) is 0 Å². The molecule has 1 aromatic carbocycles. The summed E-state index contributed by atoms with van der Waals surface area (Å²) in [6, 6.07) is 6.65. The van der Waals surface area contributed by atoms with Crippen molar-refractivity contribution in [2.75, 3.05) is 13.1 Å². The van der Waals surface area contributed by atoms with Gasteiger partial charge in [-0.25, -0.2) is 0 Å². The molecule has 6 nitrogen and oxygen atoms in total. The number of carboxylic acids is 1. The standard InChI is InChI=1S/C13H14N2O4S/c16-13(17)9-4-3-7-15(8-9)12-10-5-1-2-6-11(10)20(18,19)14-12/h1-2,5-6,9H,3-4,7-8H2,(H,16,17)/t9-/m0/s1. The summed E-state index contributed by atoms with van der Waals surface area (Å²) in [5.41, 5.74) is 0.568. The first-order chi connectivity index (χ1) is 9.49. The molecule has 1 saturated heterocycles. The molecule has 106 valence electrons. The van der Waals surface area contributed by atoms with E-state index in [2.05, 4.69) is 4.40 Å². The highest BCUT2D eigenvalue weighted by molar-refractivity contribution is 7.90. The van der Waals surface area contributed by atoms with Crippen molar-refractivity contribution in [3.8, 4) is 0 Å². The van der Waals surface area contributed by atoms with Crippen LogP contribution in [0.4, 0.5) is 0 Å². The normalized spacial score (nSPS) is 24.1. The summed E-state index contributed by atoms with van der Waals surface area (Å²) in [6.45, 7) is 0.935. The smallest absolute Gasteiger partial charge is 0.308 e. The Morgan fingerprint density at radius 1 is 1.35 bits per heavy atom. The lowest BCUT2D eigenvalue weighted by molar-refractivity contribution is -0.143. The molecule has 0 saturated carbocycles. The third-order valence-electron chi connectivity index (χ3n) is 3.68. The van der Waals surface area contributed by atoms with Crippen LogP contribution in [0.1, 0.15) is 18.4 Å². The molecule has 2 heterocycles. The van der Waals surface area contributed by atoms with E-state index in [4.69, 9.17) is 5.11 Å². The van der Waals surface area contributed by atoms with E-state index in [1.54, 1.807) is 23.1 Å². The summed E-state index contributed by atoms with van der Waals surface area (Å²) < 4.78 is 27.8. The maximum atomic E-state index is 12.0. The van der Waals surface area contributed by atoms with Gasteiger partial charge in [0.2, 0.25) is 0 Å². The average Bonchev–Trinajstić information content (AvgIpc) is 2.72. The number of rotatable bonds is 1. The van der Waals surface area contributed by atoms with Crippen molar-refractivity contribution < 1.29 is 18.3 Å². The zero-order chi connectivity index (χ0) is 14.3. The molecule has 0 unspecified atom stereocenters. The molecule has 1 fully saturated rings. The first-order valence-corrected chi connectivity index (χ1v) is 7.85. The van der Waals surface area contributed by atoms with Gasteiger partial charge in [-0.05, 0) is 25.0 Å². The van der Waals surface area contributed by atoms with E-state index in [0.717, 1.165) is 6.42 Å². The molecule has 0 bridgehead atoms. The van der Waals surface area contributed by atoms with Crippen LogP contribution in [-0.4, -0.2) is 43.3 Å². The van der Waals surface area contributed by atoms with Gasteiger partial charge in [-0.2, -0.15) is 8.42 Å². The lowest BCUT2D eigenvalue weighted by atomic mass is 9.97. The van der Waals surface area contributed by atoms with E-state index >= 15 is 0 Å². The Balaban J connectivity index is 1.97. The van der Waals surface area contributed by atoms with Gasteiger partial charge in [0, 0.05) is 18.7 Å². The van der Waals surface area contributed by atoms with Crippen molar-refractivity contribution in [1.82, 2.24) is 4.90 Å². The van der Waals surface area contributed by atoms with Crippen molar-refractivity contribution in [3.63, 3.8) is 0 Å². The Bertz CT molecular complexity index is 696. The molecular weight excluding hydrogens is 280 g/mol. The van der Waals surface area contributed by atoms with Crippen LogP contribution in [0.2, 0.25) is 0 Å². The molecule has 1 atom stereocenters. The maximum absolute atomic E-state index is 12.0. The predicted octanol–water partition coefficient (Wildman–Crippen LogP) is 0.932. The maximum Gasteiger partial charge on any atom is 0.308 e. The Kier molecular flexibility index (Phi) is 3.01. The summed E-state index contributed by atoms with van der Waals surface area (Å²) in [4.78, 5) is 13.1. The number of sulfonamides is 1. The summed E-state index contributed by atoms with van der Waals surface area (Å²) in [6.07, 6.45) is 1.34. The molecule has 1 N–H and O–H groups in total. The number of aliphatic carboxylic acids is 1. The second kappa shape index (κ2) is 4.59. The Labute approximate surface area is 116 Å². The van der Waals surface area contributed by atoms with Crippen molar-refractivity contribution in [2.45, 2.75) is 17.7 Å². The van der Waals surface area contributed by atoms with Crippen molar-refractivity contribution >= 4 is 21.8 Å². The first kappa shape index (κ1) is 13.1. The van der Waals surface area contributed by atoms with Crippen LogP contribution >= 0.6 is 0 Å². The summed E-state index contributed by atoms with van der Waals surface area (Å²) >= 11 is 0. The number of nitrogens with zero attached hydrogens (tertiary/aromatic N) is 2. The first-order valence-electron chi connectivity index (χ1n) is 6.41. The Morgan fingerprint density at radius 3 is 2.85 bits per heavy atom. The number of hydrogen-bond donors (Lipinski definition) is 1. The number of likely N-dealkylation sites (tertiary alicyclic amines) is 1. The second-order valence-electron chi connectivity index (χ2n) is 5.01. The van der Waals surface area contributed by atoms with Crippen LogP contribution in [0.15, 0.2) is 33.6 Å². The van der Waals surface area contributed by atoms with E-state index in [-0.39, 0.29) is 4.90 Å². The lowest BCUT2D eigenvalue weighted by Gasteiger charge is -2.32. The van der Waals surface area contributed by atoms with Crippen LogP contribution in [-0.2, 0) is 14.8 Å². The largest absolute Gasteiger partial charge is 0.481 e. The molecule has 20 heavy (non-hydrogen) atoms. The summed E-state index contributed by atoms with van der Waals surface area (Å²) in [7, 11) is -3.64. The van der Waals surface area contributed by atoms with E-state index < -0.39 is 21.9 Å². The molecule has 1 aromatic rings. The minimum absolute atomic E-state index is 0.201. The Hall–Kier alpha value is -1.89. The van der Waals surface area contributed by atoms with Gasteiger partial charge >= 0.3 is 5.97 Å². The number of piperidine rings is 1. The third-order valence-corrected chi connectivity index (χ3v) is 5.01. The lowest BCUT2D eigenvalue weighted by Crippen LogP contribution is -2.42. The highest BCUT2D eigenvalue weighted by Crippen LogP contribution is 2.29. The van der Waals surface area contributed by atoms with Gasteiger partial charge in [0.25, 0.3) is 10.0 Å². The SMILES string of the molecule is O=C(O)[C@H]1CCCN(C2=NS(=O)(=O)c3ccccc32)C1. The van der Waals surface area contributed by atoms with Crippen molar-refractivity contribution in [3.05, 3.63) is 29.8 Å². The fourth-order valence-corrected chi connectivity index (χ4v) is 3.92. The predicted molar refractivity (Wildman–Crippen MR) is 72.1 cm³/mol. The van der Waals surface area contributed by atoms with Crippen LogP contribution in [0.25, 0.3) is 0 Å². The molecule has 7 heteroatoms. The molecule has 2 aliphatic rings. The van der Waals surface area contributed by atoms with E-state index in [0.29, 0.717) is 30.9 Å². The zero-order valence-electron chi connectivity index (χ0n) is 10.7. The van der Waals surface area contributed by atoms with E-state index in [1.165, 1.54) is 6.07 Å². The monoisotopic (exact) mass is 294 g/mol. The minimum Gasteiger partial charge on any atom is -0.481 e. The molecule has 0 spiro atoms. The number of benzene rings is 1. The van der Waals surface area contributed by atoms with E-state index in [1.807, 2.05) is 0 Å². The second-order valence-corrected chi connectivity index (χ2v) is 6.58. The van der Waals surface area contributed by atoms with Gasteiger partial charge in [0.05, 0.1) is 5.92 Å². The minimum atomic E-state index is -3.64. The quantitative estimate of drug-likeness (QED) is 0.832. The van der Waals surface area contributed by atoms with Gasteiger partial charge in [-0.15, -0.1) is 4.40 Å². The molecular formula is C13H14N2O4S. The number of hydrogen-bond acceptors (Lipinski definition) is 4. The third kappa shape index (κ3) is 2.07. The van der Waals surface area contributed by atoms with Crippen molar-refractivity contribution in [2.24, 2.45) is 10.3 Å². The number of carboxylic acid groups (broad SMARTS) is 1. The van der Waals surface area contributed by atoms with Crippen LogP contribution < -0.4 is 0 Å². The van der Waals surface area contributed by atoms with Gasteiger partial charge in [-0.1, -0.05) is 12.1 Å². The van der Waals surface area contributed by atoms with Gasteiger partial charge in [0.1, 0.15) is 4.90 Å². The van der Waals surface area contributed by atoms with Gasteiger partial charge < -0.3 is 10.0 Å². The molecule has 0 radical (unpaired) electrons. The fraction of sp³-hybridized carbons (Fsp3) is 0.385. The fourth-order valence-electron chi connectivity index (χ4n) is 2.69. The van der Waals surface area contributed by atoms with Gasteiger partial charge in [0.15, 0.2) is 5.84 Å². The molecule has 0 aliphatic carbocycles. The molecule has 0 amide bonds. The van der Waals surface area contributed by atoms with Crippen molar-refractivity contribution in [1.29, 1.82) is 0 Å². The summed E-state index contributed by atoms with van der Waals surface area (Å²) in [5, 5.41) is 9.11. The van der Waals surface area contributed by atoms with E-state index in [9.17, 15) is 13.2 Å². The highest BCUT2D eigenvalue weighted by Gasteiger charge is 2.34. The van der Waals surface area contributed by atoms with Gasteiger partial charge in [-0.3, -0.25) is 4.79 Å². The summed E-state index contributed by atoms with van der Waals surface area (Å²) in [5.74, 6) is -0.932. The van der Waals surface area contributed by atoms with Crippen LogP contribution in [0, 0.1) is 5.92 Å². The zero-order valence-corrected chi connectivity index (χ0v) is 11.5. The topological polar surface area (TPSA) is 87.0 Å².